The van der Waals surface area contributed by atoms with Crippen LogP contribution in [-0.4, -0.2) is 26.2 Å². The number of carbonyl (C=O) groups excluding carboxylic acids is 1. The van der Waals surface area contributed by atoms with Gasteiger partial charge in [-0.1, -0.05) is 72.3 Å². The number of nitrogens with one attached hydrogen (secondary N) is 2. The van der Waals surface area contributed by atoms with Crippen molar-refractivity contribution in [2.24, 2.45) is 0 Å². The summed E-state index contributed by atoms with van der Waals surface area (Å²) in [5.74, 6) is 0.893. The van der Waals surface area contributed by atoms with E-state index in [1.807, 2.05) is 60.7 Å². The van der Waals surface area contributed by atoms with Gasteiger partial charge in [0, 0.05) is 6.07 Å². The monoisotopic (exact) mass is 424 g/mol. The minimum atomic E-state index is -0.529. The third kappa shape index (κ3) is 5.05. The molecular formula is C24H25ClN2O3. The maximum atomic E-state index is 13.0. The van der Waals surface area contributed by atoms with Crippen molar-refractivity contribution in [1.82, 2.24) is 5.32 Å². The first-order chi connectivity index (χ1) is 14.5. The van der Waals surface area contributed by atoms with Crippen molar-refractivity contribution in [2.75, 3.05) is 19.5 Å². The van der Waals surface area contributed by atoms with Crippen LogP contribution >= 0.6 is 11.6 Å². The normalized spacial score (nSPS) is 11.6. The van der Waals surface area contributed by atoms with Gasteiger partial charge in [0.1, 0.15) is 17.5 Å². The first kappa shape index (κ1) is 21.5. The van der Waals surface area contributed by atoms with Crippen LogP contribution in [0.25, 0.3) is 0 Å². The van der Waals surface area contributed by atoms with E-state index in [1.165, 1.54) is 7.11 Å². The Morgan fingerprint density at radius 2 is 1.40 bits per heavy atom. The molecule has 3 aromatic rings. The van der Waals surface area contributed by atoms with E-state index in [0.717, 1.165) is 11.1 Å². The molecule has 0 spiro atoms. The van der Waals surface area contributed by atoms with E-state index in [9.17, 15) is 4.79 Å². The molecule has 0 saturated heterocycles. The summed E-state index contributed by atoms with van der Waals surface area (Å²) in [7, 11) is 3.09. The van der Waals surface area contributed by atoms with Crippen LogP contribution in [0.3, 0.4) is 0 Å². The van der Waals surface area contributed by atoms with Crippen LogP contribution in [0.1, 0.15) is 24.1 Å². The quantitative estimate of drug-likeness (QED) is 0.530. The third-order valence-electron chi connectivity index (χ3n) is 4.79. The fraction of sp³-hybridized carbons (Fsp3) is 0.208. The molecule has 3 aromatic carbocycles. The molecule has 156 valence electrons. The van der Waals surface area contributed by atoms with E-state index in [4.69, 9.17) is 21.1 Å². The lowest BCUT2D eigenvalue weighted by molar-refractivity contribution is -0.122. The largest absolute Gasteiger partial charge is 0.495 e. The summed E-state index contributed by atoms with van der Waals surface area (Å²) in [6, 6.07) is 22.4. The van der Waals surface area contributed by atoms with E-state index in [-0.39, 0.29) is 11.9 Å². The minimum Gasteiger partial charge on any atom is -0.495 e. The lowest BCUT2D eigenvalue weighted by Gasteiger charge is -2.24. The summed E-state index contributed by atoms with van der Waals surface area (Å²) in [5, 5.41) is 6.76. The number of ether oxygens (including phenoxy) is 2. The Bertz CT molecular complexity index is 941. The molecule has 6 heteroatoms. The molecule has 1 atom stereocenters. The lowest BCUT2D eigenvalue weighted by Crippen LogP contribution is -2.40. The molecule has 0 aliphatic heterocycles. The fourth-order valence-corrected chi connectivity index (χ4v) is 3.43. The van der Waals surface area contributed by atoms with Gasteiger partial charge in [-0.25, -0.2) is 0 Å². The summed E-state index contributed by atoms with van der Waals surface area (Å²) in [5.41, 5.74) is 2.63. The number of carbonyl (C=O) groups is 1. The molecule has 0 heterocycles. The highest BCUT2D eigenvalue weighted by Crippen LogP contribution is 2.36. The van der Waals surface area contributed by atoms with Gasteiger partial charge in [-0.15, -0.1) is 0 Å². The number of hydrogen-bond acceptors (Lipinski definition) is 4. The second-order valence-corrected chi connectivity index (χ2v) is 7.22. The zero-order valence-corrected chi connectivity index (χ0v) is 17.9. The zero-order chi connectivity index (χ0) is 21.5. The predicted molar refractivity (Wildman–Crippen MR) is 121 cm³/mol. The first-order valence-electron chi connectivity index (χ1n) is 9.61. The molecule has 0 aliphatic carbocycles. The van der Waals surface area contributed by atoms with Crippen LogP contribution in [-0.2, 0) is 4.79 Å². The summed E-state index contributed by atoms with van der Waals surface area (Å²) in [4.78, 5) is 13.0. The van der Waals surface area contributed by atoms with Gasteiger partial charge in [-0.3, -0.25) is 4.79 Å². The Balaban J connectivity index is 1.80. The predicted octanol–water partition coefficient (Wildman–Crippen LogP) is 5.06. The Labute approximate surface area is 182 Å². The highest BCUT2D eigenvalue weighted by atomic mass is 35.5. The van der Waals surface area contributed by atoms with Crippen LogP contribution in [0.5, 0.6) is 11.5 Å². The number of amides is 1. The summed E-state index contributed by atoms with van der Waals surface area (Å²) in [6.45, 7) is 1.79. The van der Waals surface area contributed by atoms with E-state index in [1.54, 1.807) is 26.2 Å². The van der Waals surface area contributed by atoms with Crippen LogP contribution in [0.4, 0.5) is 5.69 Å². The van der Waals surface area contributed by atoms with E-state index < -0.39 is 6.04 Å². The fourth-order valence-electron chi connectivity index (χ4n) is 3.19. The Morgan fingerprint density at radius 1 is 0.867 bits per heavy atom. The van der Waals surface area contributed by atoms with Gasteiger partial charge >= 0.3 is 0 Å². The van der Waals surface area contributed by atoms with Crippen molar-refractivity contribution < 1.29 is 14.3 Å². The molecule has 0 saturated carbocycles. The second-order valence-electron chi connectivity index (χ2n) is 6.82. The van der Waals surface area contributed by atoms with Crippen LogP contribution in [0, 0.1) is 0 Å². The Morgan fingerprint density at radius 3 is 1.90 bits per heavy atom. The van der Waals surface area contributed by atoms with Crippen LogP contribution < -0.4 is 20.1 Å². The lowest BCUT2D eigenvalue weighted by atomic mass is 9.98. The number of methoxy groups -OCH3 is 2. The van der Waals surface area contributed by atoms with Crippen LogP contribution in [0.2, 0.25) is 5.02 Å². The number of anilines is 1. The molecule has 0 aromatic heterocycles. The molecule has 0 bridgehead atoms. The third-order valence-corrected chi connectivity index (χ3v) is 5.09. The molecule has 5 nitrogen and oxygen atoms in total. The van der Waals surface area contributed by atoms with Crippen molar-refractivity contribution in [2.45, 2.75) is 19.0 Å². The van der Waals surface area contributed by atoms with Gasteiger partial charge < -0.3 is 20.1 Å². The number of halogens is 1. The summed E-state index contributed by atoms with van der Waals surface area (Å²) < 4.78 is 10.6. The van der Waals surface area contributed by atoms with Crippen molar-refractivity contribution in [3.63, 3.8) is 0 Å². The molecule has 3 rings (SSSR count). The van der Waals surface area contributed by atoms with Gasteiger partial charge in [0.25, 0.3) is 0 Å². The molecule has 0 fully saturated rings. The van der Waals surface area contributed by atoms with Gasteiger partial charge in [-0.2, -0.15) is 0 Å². The zero-order valence-electron chi connectivity index (χ0n) is 17.2. The topological polar surface area (TPSA) is 59.6 Å². The Hall–Kier alpha value is -3.18. The maximum Gasteiger partial charge on any atom is 0.242 e. The number of rotatable bonds is 8. The minimum absolute atomic E-state index is 0.151. The standard InChI is InChI=1S/C24H25ClN2O3/c1-16(26-20-14-19(25)21(29-2)15-22(20)30-3)24(28)27-23(17-10-6-4-7-11-17)18-12-8-5-9-13-18/h4-16,23,26H,1-3H3,(H,27,28)/t16-/m0/s1. The van der Waals surface area contributed by atoms with Crippen molar-refractivity contribution in [3.05, 3.63) is 88.9 Å². The van der Waals surface area contributed by atoms with Gasteiger partial charge in [0.05, 0.1) is 31.0 Å². The maximum absolute atomic E-state index is 13.0. The van der Waals surface area contributed by atoms with Gasteiger partial charge in [0.2, 0.25) is 5.91 Å². The van der Waals surface area contributed by atoms with Crippen LogP contribution in [0.15, 0.2) is 72.8 Å². The van der Waals surface area contributed by atoms with E-state index in [0.29, 0.717) is 22.2 Å². The van der Waals surface area contributed by atoms with Crippen molar-refractivity contribution in [1.29, 1.82) is 0 Å². The molecule has 30 heavy (non-hydrogen) atoms. The molecule has 1 amide bonds. The number of hydrogen-bond donors (Lipinski definition) is 2. The molecular weight excluding hydrogens is 400 g/mol. The smallest absolute Gasteiger partial charge is 0.242 e. The second kappa shape index (κ2) is 10.0. The number of benzene rings is 3. The first-order valence-corrected chi connectivity index (χ1v) is 9.99. The molecule has 0 aliphatic rings. The van der Waals surface area contributed by atoms with Gasteiger partial charge in [0.15, 0.2) is 0 Å². The Kier molecular flexibility index (Phi) is 7.20. The van der Waals surface area contributed by atoms with E-state index in [2.05, 4.69) is 10.6 Å². The summed E-state index contributed by atoms with van der Waals surface area (Å²) in [6.07, 6.45) is 0. The van der Waals surface area contributed by atoms with Crippen molar-refractivity contribution >= 4 is 23.2 Å². The van der Waals surface area contributed by atoms with E-state index >= 15 is 0 Å². The summed E-state index contributed by atoms with van der Waals surface area (Å²) >= 11 is 6.24. The molecule has 0 radical (unpaired) electrons. The van der Waals surface area contributed by atoms with Crippen molar-refractivity contribution in [3.8, 4) is 11.5 Å². The molecule has 0 unspecified atom stereocenters. The highest BCUT2D eigenvalue weighted by molar-refractivity contribution is 6.32. The average Bonchev–Trinajstić information content (AvgIpc) is 2.78. The molecule has 2 N–H and O–H groups in total. The van der Waals surface area contributed by atoms with Gasteiger partial charge in [-0.05, 0) is 24.1 Å². The average molecular weight is 425 g/mol. The SMILES string of the molecule is COc1cc(OC)c(N[C@@H](C)C(=O)NC(c2ccccc2)c2ccccc2)cc1Cl. The highest BCUT2D eigenvalue weighted by Gasteiger charge is 2.22.